The number of anilines is 3. The smallest absolute Gasteiger partial charge is 0.143 e. The van der Waals surface area contributed by atoms with Gasteiger partial charge in [0.25, 0.3) is 0 Å². The quantitative estimate of drug-likeness (QED) is 0.166. The van der Waals surface area contributed by atoms with E-state index in [2.05, 4.69) is 233 Å². The van der Waals surface area contributed by atoms with E-state index in [9.17, 15) is 0 Å². The van der Waals surface area contributed by atoms with Crippen LogP contribution in [0.3, 0.4) is 0 Å². The lowest BCUT2D eigenvalue weighted by atomic mass is 9.79. The third kappa shape index (κ3) is 5.61. The van der Waals surface area contributed by atoms with E-state index < -0.39 is 0 Å². The summed E-state index contributed by atoms with van der Waals surface area (Å²) in [6.07, 6.45) is 6.87. The largest absolute Gasteiger partial charge is 0.455 e. The molecule has 0 radical (unpaired) electrons. The lowest BCUT2D eigenvalue weighted by Crippen LogP contribution is -2.16. The van der Waals surface area contributed by atoms with Gasteiger partial charge >= 0.3 is 0 Å². The summed E-state index contributed by atoms with van der Waals surface area (Å²) >= 11 is 0. The van der Waals surface area contributed by atoms with Crippen molar-refractivity contribution in [2.75, 3.05) is 4.90 Å². The third-order valence-electron chi connectivity index (χ3n) is 15.1. The average Bonchev–Trinajstić information content (AvgIpc) is 3.95. The van der Waals surface area contributed by atoms with Crippen molar-refractivity contribution in [2.24, 2.45) is 0 Å². The number of allylic oxidation sites excluding steroid dienone is 4. The summed E-state index contributed by atoms with van der Waals surface area (Å²) in [6.45, 7) is 9.56. The molecule has 1 heterocycles. The topological polar surface area (TPSA) is 16.4 Å². The van der Waals surface area contributed by atoms with E-state index >= 15 is 0 Å². The molecular formula is C64H49NO. The minimum atomic E-state index is -0.146. The molecule has 316 valence electrons. The molecule has 66 heavy (non-hydrogen) atoms. The molecule has 0 bridgehead atoms. The van der Waals surface area contributed by atoms with Crippen LogP contribution in [0.25, 0.3) is 82.8 Å². The van der Waals surface area contributed by atoms with Crippen LogP contribution in [-0.2, 0) is 10.8 Å². The normalized spacial score (nSPS) is 15.3. The molecule has 10 aromatic rings. The monoisotopic (exact) mass is 847 g/mol. The summed E-state index contributed by atoms with van der Waals surface area (Å²) < 4.78 is 6.70. The molecule has 2 heteroatoms. The highest BCUT2D eigenvalue weighted by atomic mass is 16.3. The Bertz CT molecular complexity index is 3720. The fourth-order valence-corrected chi connectivity index (χ4v) is 12.1. The van der Waals surface area contributed by atoms with Crippen molar-refractivity contribution in [2.45, 2.75) is 51.4 Å². The second-order valence-electron chi connectivity index (χ2n) is 19.5. The Morgan fingerprint density at radius 1 is 0.485 bits per heavy atom. The number of benzene rings is 9. The van der Waals surface area contributed by atoms with Gasteiger partial charge in [-0.05, 0) is 133 Å². The highest BCUT2D eigenvalue weighted by molar-refractivity contribution is 6.19. The maximum Gasteiger partial charge on any atom is 0.143 e. The molecule has 1 aromatic heterocycles. The van der Waals surface area contributed by atoms with E-state index in [0.29, 0.717) is 0 Å². The zero-order valence-electron chi connectivity index (χ0n) is 37.8. The molecule has 0 fully saturated rings. The number of furan rings is 1. The fraction of sp³-hybridized carbons (Fsp3) is 0.125. The number of hydrogen-bond donors (Lipinski definition) is 0. The van der Waals surface area contributed by atoms with E-state index in [0.717, 1.165) is 68.4 Å². The van der Waals surface area contributed by atoms with E-state index in [1.54, 1.807) is 0 Å². The van der Waals surface area contributed by atoms with Crippen molar-refractivity contribution >= 4 is 55.3 Å². The van der Waals surface area contributed by atoms with Gasteiger partial charge in [-0.15, -0.1) is 0 Å². The maximum absolute atomic E-state index is 6.70. The van der Waals surface area contributed by atoms with Crippen LogP contribution in [0.1, 0.15) is 62.8 Å². The van der Waals surface area contributed by atoms with Crippen LogP contribution in [0.5, 0.6) is 0 Å². The predicted molar refractivity (Wildman–Crippen MR) is 278 cm³/mol. The molecule has 3 aliphatic rings. The molecule has 0 N–H and O–H groups in total. The Hall–Kier alpha value is -7.68. The Morgan fingerprint density at radius 2 is 1.12 bits per heavy atom. The van der Waals surface area contributed by atoms with Gasteiger partial charge in [0.05, 0.1) is 5.69 Å². The highest BCUT2D eigenvalue weighted by Gasteiger charge is 2.40. The van der Waals surface area contributed by atoms with Crippen LogP contribution < -0.4 is 4.90 Å². The van der Waals surface area contributed by atoms with Crippen molar-refractivity contribution < 1.29 is 4.42 Å². The van der Waals surface area contributed by atoms with Crippen molar-refractivity contribution in [1.82, 2.24) is 0 Å². The van der Waals surface area contributed by atoms with Crippen molar-refractivity contribution in [3.8, 4) is 44.5 Å². The summed E-state index contributed by atoms with van der Waals surface area (Å²) in [6, 6.07) is 69.7. The molecule has 2 nitrogen and oxygen atoms in total. The third-order valence-corrected chi connectivity index (χ3v) is 15.1. The first-order valence-electron chi connectivity index (χ1n) is 23.5. The number of hydrogen-bond acceptors (Lipinski definition) is 2. The van der Waals surface area contributed by atoms with Crippen LogP contribution in [0.15, 0.2) is 210 Å². The maximum atomic E-state index is 6.70. The zero-order valence-corrected chi connectivity index (χ0v) is 37.8. The summed E-state index contributed by atoms with van der Waals surface area (Å²) in [5.74, 6) is 0. The Balaban J connectivity index is 1.03. The molecule has 13 rings (SSSR count). The van der Waals surface area contributed by atoms with Gasteiger partial charge in [0, 0.05) is 43.9 Å². The molecule has 3 aliphatic carbocycles. The van der Waals surface area contributed by atoms with Crippen molar-refractivity contribution in [3.63, 3.8) is 0 Å². The summed E-state index contributed by atoms with van der Waals surface area (Å²) in [7, 11) is 0. The predicted octanol–water partition coefficient (Wildman–Crippen LogP) is 17.9. The summed E-state index contributed by atoms with van der Waals surface area (Å²) in [5.41, 5.74) is 23.4. The van der Waals surface area contributed by atoms with Gasteiger partial charge in [-0.1, -0.05) is 185 Å². The van der Waals surface area contributed by atoms with Crippen molar-refractivity contribution in [3.05, 3.63) is 228 Å². The van der Waals surface area contributed by atoms with Crippen LogP contribution in [0.2, 0.25) is 0 Å². The minimum absolute atomic E-state index is 0.0666. The van der Waals surface area contributed by atoms with E-state index in [1.807, 2.05) is 0 Å². The molecule has 0 spiro atoms. The molecule has 0 amide bonds. The van der Waals surface area contributed by atoms with Gasteiger partial charge < -0.3 is 9.32 Å². The molecule has 0 saturated carbocycles. The number of para-hydroxylation sites is 1. The number of rotatable bonds is 6. The fourth-order valence-electron chi connectivity index (χ4n) is 12.1. The summed E-state index contributed by atoms with van der Waals surface area (Å²) in [4.78, 5) is 2.50. The van der Waals surface area contributed by atoms with E-state index in [-0.39, 0.29) is 10.8 Å². The Morgan fingerprint density at radius 3 is 1.97 bits per heavy atom. The van der Waals surface area contributed by atoms with Gasteiger partial charge in [0.15, 0.2) is 0 Å². The number of nitrogens with zero attached hydrogens (tertiary/aromatic N) is 1. The molecular weight excluding hydrogens is 799 g/mol. The minimum Gasteiger partial charge on any atom is -0.455 e. The zero-order chi connectivity index (χ0) is 44.3. The van der Waals surface area contributed by atoms with Gasteiger partial charge in [-0.2, -0.15) is 0 Å². The van der Waals surface area contributed by atoms with Gasteiger partial charge in [-0.3, -0.25) is 0 Å². The van der Waals surface area contributed by atoms with Crippen LogP contribution in [0, 0.1) is 0 Å². The number of fused-ring (bicyclic) bond motifs is 10. The lowest BCUT2D eigenvalue weighted by Gasteiger charge is -2.30. The standard InChI is InChI=1S/C64H49NO/c1-63(2)55-32-11-8-26-52(55)59-50(29-16-33-56(59)63)49-25-9-12-34-57(49)65(44-22-14-20-42(39-44)46-28-15-30-51-48-24-7-10-31-54(48)64(3,4)61(46)51)43-21-13-19-41(38-43)45-27-17-35-58-60(45)53-37-36-40-18-5-6-23-47(40)62(53)66-58/h5-7,9-25,27-39H,8,26H2,1-4H3. The molecule has 0 saturated heterocycles. The Kier molecular flexibility index (Phi) is 8.46. The first kappa shape index (κ1) is 38.8. The van der Waals surface area contributed by atoms with Crippen LogP contribution in [0.4, 0.5) is 17.1 Å². The molecule has 0 unspecified atom stereocenters. The SMILES string of the molecule is CC1(C)C2=C(CCC=C2)c2c(-c3ccccc3N(c3cccc(-c4cccc5c4C(C)(C)c4ccccc4-5)c3)c3cccc(-c4cccc5oc6c7ccccc7ccc6c45)c3)cccc21. The van der Waals surface area contributed by atoms with Gasteiger partial charge in [0.1, 0.15) is 11.2 Å². The second kappa shape index (κ2) is 14.4. The van der Waals surface area contributed by atoms with E-state index in [1.165, 1.54) is 72.2 Å². The first-order chi connectivity index (χ1) is 32.3. The summed E-state index contributed by atoms with van der Waals surface area (Å²) in [5, 5.41) is 4.58. The Labute approximate surface area is 386 Å². The van der Waals surface area contributed by atoms with Crippen LogP contribution in [-0.4, -0.2) is 0 Å². The van der Waals surface area contributed by atoms with E-state index in [4.69, 9.17) is 4.42 Å². The highest BCUT2D eigenvalue weighted by Crippen LogP contribution is 2.56. The molecule has 9 aromatic carbocycles. The molecule has 0 atom stereocenters. The van der Waals surface area contributed by atoms with Crippen molar-refractivity contribution in [1.29, 1.82) is 0 Å². The average molecular weight is 848 g/mol. The van der Waals surface area contributed by atoms with Gasteiger partial charge in [0.2, 0.25) is 0 Å². The molecule has 0 aliphatic heterocycles. The van der Waals surface area contributed by atoms with Crippen LogP contribution >= 0.6 is 0 Å². The first-order valence-corrected chi connectivity index (χ1v) is 23.5. The second-order valence-corrected chi connectivity index (χ2v) is 19.5. The lowest BCUT2D eigenvalue weighted by molar-refractivity contribution is 0.651. The van der Waals surface area contributed by atoms with Gasteiger partial charge in [-0.25, -0.2) is 0 Å².